The molecule has 17 aromatic rings. The van der Waals surface area contributed by atoms with Crippen LogP contribution in [0.4, 0.5) is 34.1 Å². The van der Waals surface area contributed by atoms with Crippen molar-refractivity contribution in [2.45, 2.75) is 0 Å². The van der Waals surface area contributed by atoms with E-state index < -0.39 is 0 Å². The first-order chi connectivity index (χ1) is 43.6. The molecule has 2 aliphatic heterocycles. The maximum absolute atomic E-state index is 10.1. The maximum atomic E-state index is 10.1. The Bertz CT molecular complexity index is 5900. The predicted molar refractivity (Wildman–Crippen MR) is 366 cm³/mol. The van der Waals surface area contributed by atoms with Gasteiger partial charge in [0.15, 0.2) is 5.69 Å². The average Bonchev–Trinajstić information content (AvgIpc) is 1.07. The van der Waals surface area contributed by atoms with Gasteiger partial charge in [-0.3, -0.25) is 0 Å². The highest BCUT2D eigenvalue weighted by Gasteiger charge is 2.43. The summed E-state index contributed by atoms with van der Waals surface area (Å²) in [5.74, 6) is 0. The monoisotopic (exact) mass is 1120 g/mol. The fourth-order valence-electron chi connectivity index (χ4n) is 15.3. The summed E-state index contributed by atoms with van der Waals surface area (Å²) >= 11 is 0. The molecule has 0 atom stereocenters. The van der Waals surface area contributed by atoms with Crippen LogP contribution in [-0.2, 0) is 0 Å². The zero-order valence-electron chi connectivity index (χ0n) is 47.2. The van der Waals surface area contributed by atoms with Crippen molar-refractivity contribution in [3.8, 4) is 50.8 Å². The van der Waals surface area contributed by atoms with Crippen molar-refractivity contribution in [1.29, 1.82) is 5.26 Å². The molecule has 1 N–H and O–H groups in total. The molecule has 7 nitrogen and oxygen atoms in total. The van der Waals surface area contributed by atoms with Crippen molar-refractivity contribution in [2.24, 2.45) is 0 Å². The van der Waals surface area contributed by atoms with E-state index >= 15 is 0 Å². The molecule has 2 aliphatic rings. The van der Waals surface area contributed by atoms with Crippen molar-refractivity contribution in [2.75, 3.05) is 10.2 Å². The lowest BCUT2D eigenvalue weighted by Crippen LogP contribution is -2.60. The molecule has 0 aliphatic carbocycles. The fourth-order valence-corrected chi connectivity index (χ4v) is 15.3. The normalized spacial score (nSPS) is 12.6. The van der Waals surface area contributed by atoms with Gasteiger partial charge >= 0.3 is 0 Å². The van der Waals surface area contributed by atoms with Gasteiger partial charge in [0.25, 0.3) is 6.71 Å². The lowest BCUT2D eigenvalue weighted by molar-refractivity contribution is 1.17. The zero-order chi connectivity index (χ0) is 57.9. The highest BCUT2D eigenvalue weighted by molar-refractivity contribution is 7.00. The Morgan fingerprint density at radius 3 is 1.62 bits per heavy atom. The van der Waals surface area contributed by atoms with Gasteiger partial charge in [0.2, 0.25) is 0 Å². The third kappa shape index (κ3) is 6.71. The first kappa shape index (κ1) is 48.3. The zero-order valence-corrected chi connectivity index (χ0v) is 47.2. The number of benzene rings is 13. The molecular formula is C80H46BN7. The molecule has 0 fully saturated rings. The fraction of sp³-hybridized carbons (Fsp3) is 0. The second-order valence-electron chi connectivity index (χ2n) is 23.4. The third-order valence-corrected chi connectivity index (χ3v) is 19.0. The number of nitriles is 1. The van der Waals surface area contributed by atoms with E-state index in [4.69, 9.17) is 6.57 Å². The first-order valence-electron chi connectivity index (χ1n) is 29.9. The number of nitrogens with zero attached hydrogens (tertiary/aromatic N) is 6. The molecule has 13 aromatic carbocycles. The number of hydrogen-bond acceptors (Lipinski definition) is 3. The van der Waals surface area contributed by atoms with Gasteiger partial charge in [-0.2, -0.15) is 5.26 Å². The minimum atomic E-state index is -0.193. The number of hydrogen-bond donors (Lipinski definition) is 1. The van der Waals surface area contributed by atoms with E-state index in [0.717, 1.165) is 117 Å². The number of fused-ring (bicyclic) bond motifs is 16. The van der Waals surface area contributed by atoms with Crippen LogP contribution >= 0.6 is 0 Å². The molecule has 0 saturated heterocycles. The molecule has 404 valence electrons. The summed E-state index contributed by atoms with van der Waals surface area (Å²) in [6, 6.07) is 102. The number of aromatic nitrogens is 3. The lowest BCUT2D eigenvalue weighted by atomic mass is 9.33. The quantitative estimate of drug-likeness (QED) is 0.133. The lowest BCUT2D eigenvalue weighted by Gasteiger charge is -2.42. The Balaban J connectivity index is 0.920. The highest BCUT2D eigenvalue weighted by Crippen LogP contribution is 2.51. The largest absolute Gasteiger partial charge is 0.356 e. The standard InChI is InChI=1S/C80H46BN7/c1-83-53-32-39-74-65(44-53)60-22-10-12-28-71(60)86(74)55-34-36-67-76(46-55)88(79-56(49-16-4-2-5-17-49)23-14-24-57(79)50-18-6-3-7-19-50)77-43-52(51-31-38-75-64(41-51)62-26-15-25-61-58-20-8-13-29-72(58)87(75)80(61)62)42-69-78(77)81(67)66-35-33-54(45-68(66)84-69)85-70-27-11-9-21-59(70)63-40-48(47-82)30-37-73(63)85/h2-46,84H. The minimum absolute atomic E-state index is 0.193. The summed E-state index contributed by atoms with van der Waals surface area (Å²) in [6.07, 6.45) is 0. The van der Waals surface area contributed by atoms with E-state index in [0.29, 0.717) is 11.3 Å². The molecule has 0 amide bonds. The first-order valence-corrected chi connectivity index (χ1v) is 29.9. The third-order valence-electron chi connectivity index (χ3n) is 19.0. The van der Waals surface area contributed by atoms with E-state index in [1.165, 1.54) is 54.5 Å². The molecule has 4 aromatic heterocycles. The van der Waals surface area contributed by atoms with Crippen LogP contribution in [0.15, 0.2) is 273 Å². The van der Waals surface area contributed by atoms with Crippen LogP contribution < -0.4 is 26.6 Å². The maximum Gasteiger partial charge on any atom is 0.252 e. The molecule has 0 radical (unpaired) electrons. The van der Waals surface area contributed by atoms with Gasteiger partial charge in [-0.15, -0.1) is 0 Å². The predicted octanol–water partition coefficient (Wildman–Crippen LogP) is 18.8. The van der Waals surface area contributed by atoms with Gasteiger partial charge in [0.1, 0.15) is 0 Å². The van der Waals surface area contributed by atoms with Crippen LogP contribution in [0.3, 0.4) is 0 Å². The number of nitrogens with one attached hydrogen (secondary N) is 1. The smallest absolute Gasteiger partial charge is 0.252 e. The molecule has 0 bridgehead atoms. The van der Waals surface area contributed by atoms with Gasteiger partial charge in [0, 0.05) is 83.0 Å². The summed E-state index contributed by atoms with van der Waals surface area (Å²) in [7, 11) is 0. The van der Waals surface area contributed by atoms with Gasteiger partial charge in [-0.05, 0) is 141 Å². The molecule has 88 heavy (non-hydrogen) atoms. The SMILES string of the molecule is [C-]#[N+]c1ccc2c(c1)c1ccccc1n2-c1ccc2c(c1)N(c1c(-c3ccccc3)cccc1-c1ccccc1)c1cc(-c3ccc4c(c3)c3cccc5c6ccccc6n4c53)cc3c1B2c1ccc(-n2c4ccccc4c4cc(C#N)ccc42)cc1N3. The number of para-hydroxylation sites is 5. The van der Waals surface area contributed by atoms with Crippen LogP contribution in [0.2, 0.25) is 0 Å². The summed E-state index contributed by atoms with van der Waals surface area (Å²) in [6.45, 7) is 7.84. The van der Waals surface area contributed by atoms with Gasteiger partial charge < -0.3 is 23.8 Å². The van der Waals surface area contributed by atoms with Crippen LogP contribution in [0.1, 0.15) is 5.56 Å². The van der Waals surface area contributed by atoms with Crippen LogP contribution in [0.5, 0.6) is 0 Å². The Labute approximate surface area is 505 Å². The van der Waals surface area contributed by atoms with Crippen LogP contribution in [0, 0.1) is 17.9 Å². The number of anilines is 5. The van der Waals surface area contributed by atoms with Crippen molar-refractivity contribution in [3.05, 3.63) is 290 Å². The Morgan fingerprint density at radius 2 is 0.932 bits per heavy atom. The Morgan fingerprint density at radius 1 is 0.386 bits per heavy atom. The van der Waals surface area contributed by atoms with E-state index in [-0.39, 0.29) is 6.71 Å². The average molecular weight is 1120 g/mol. The second kappa shape index (κ2) is 18.2. The van der Waals surface area contributed by atoms with Crippen molar-refractivity contribution in [3.63, 3.8) is 0 Å². The van der Waals surface area contributed by atoms with Crippen LogP contribution in [0.25, 0.3) is 131 Å². The van der Waals surface area contributed by atoms with Crippen molar-refractivity contribution in [1.82, 2.24) is 13.5 Å². The Hall–Kier alpha value is -12.1. The topological polar surface area (TPSA) is 57.7 Å². The van der Waals surface area contributed by atoms with Gasteiger partial charge in [0.05, 0.1) is 62.5 Å². The molecule has 0 saturated carbocycles. The summed E-state index contributed by atoms with van der Waals surface area (Å²) in [5.41, 5.74) is 26.7. The van der Waals surface area contributed by atoms with Crippen molar-refractivity contribution < 1.29 is 0 Å². The van der Waals surface area contributed by atoms with Gasteiger partial charge in [-0.25, -0.2) is 4.85 Å². The van der Waals surface area contributed by atoms with Crippen molar-refractivity contribution >= 4 is 139 Å². The molecule has 19 rings (SSSR count). The molecule has 0 unspecified atom stereocenters. The minimum Gasteiger partial charge on any atom is -0.356 e. The van der Waals surface area contributed by atoms with Crippen LogP contribution in [-0.4, -0.2) is 20.2 Å². The van der Waals surface area contributed by atoms with E-state index in [2.05, 4.69) is 283 Å². The molecular weight excluding hydrogens is 1070 g/mol. The summed E-state index contributed by atoms with van der Waals surface area (Å²) in [5, 5.41) is 23.5. The van der Waals surface area contributed by atoms with E-state index in [9.17, 15) is 5.26 Å². The summed E-state index contributed by atoms with van der Waals surface area (Å²) < 4.78 is 7.18. The number of rotatable bonds is 6. The molecule has 8 heteroatoms. The second-order valence-corrected chi connectivity index (χ2v) is 23.4. The van der Waals surface area contributed by atoms with E-state index in [1.807, 2.05) is 24.3 Å². The Kier molecular flexibility index (Phi) is 9.99. The highest BCUT2D eigenvalue weighted by atomic mass is 15.2. The van der Waals surface area contributed by atoms with Gasteiger partial charge in [-0.1, -0.05) is 176 Å². The molecule has 0 spiro atoms. The van der Waals surface area contributed by atoms with E-state index in [1.54, 1.807) is 0 Å². The molecule has 6 heterocycles. The summed E-state index contributed by atoms with van der Waals surface area (Å²) in [4.78, 5) is 6.48.